The van der Waals surface area contributed by atoms with Crippen LogP contribution in [0.25, 0.3) is 21.9 Å². The van der Waals surface area contributed by atoms with Crippen LogP contribution in [0, 0.1) is 11.8 Å². The van der Waals surface area contributed by atoms with Gasteiger partial charge in [-0.3, -0.25) is 33.5 Å². The van der Waals surface area contributed by atoms with E-state index < -0.39 is 29.7 Å². The number of ether oxygens (including phenoxy) is 1. The number of rotatable bonds is 9. The molecule has 1 atom stereocenters. The molecule has 3 aromatic heterocycles. The Bertz CT molecular complexity index is 2320. The smallest absolute Gasteiger partial charge is 0.381 e. The summed E-state index contributed by atoms with van der Waals surface area (Å²) in [5.41, 5.74) is 1.86. The standard InChI is InChI=1S/C38H39F3N8O5/c1-46-34-29(5-3-6-30(34)49(37(46)53)31-14-15-33(50)44-36(31)52)47-17-23(18-47)21-54-20-22-8-11-26(12-9-22)48-19-24-16-25(10-13-27(24)45-48)42-35(51)28-4-2-7-32(43-28)38(39,40)41/h2-7,10,13,16,19,22-23,26,31H,8-9,11-12,14-15,17-18,20-21H2,1H3,(H,42,51)(H,44,50,52). The normalized spacial score (nSPS) is 21.0. The molecule has 13 nitrogen and oxygen atoms in total. The molecule has 3 fully saturated rings. The average molecular weight is 745 g/mol. The van der Waals surface area contributed by atoms with Crippen LogP contribution in [0.15, 0.2) is 65.6 Å². The Labute approximate surface area is 307 Å². The summed E-state index contributed by atoms with van der Waals surface area (Å²) in [4.78, 5) is 55.9. The third-order valence-corrected chi connectivity index (χ3v) is 10.9. The van der Waals surface area contributed by atoms with E-state index in [-0.39, 0.29) is 29.8 Å². The van der Waals surface area contributed by atoms with E-state index in [1.807, 2.05) is 29.1 Å². The molecule has 2 aromatic carbocycles. The van der Waals surface area contributed by atoms with Crippen LogP contribution < -0.4 is 21.2 Å². The van der Waals surface area contributed by atoms with Crippen LogP contribution in [-0.4, -0.2) is 67.9 Å². The van der Waals surface area contributed by atoms with Crippen LogP contribution in [0.3, 0.4) is 0 Å². The third-order valence-electron chi connectivity index (χ3n) is 10.9. The number of halogens is 3. The number of aryl methyl sites for hydroxylation is 1. The number of aromatic nitrogens is 5. The van der Waals surface area contributed by atoms with Crippen molar-refractivity contribution < 1.29 is 32.3 Å². The molecular weight excluding hydrogens is 705 g/mol. The second-order valence-electron chi connectivity index (χ2n) is 14.5. The number of pyridine rings is 1. The lowest BCUT2D eigenvalue weighted by molar-refractivity contribution is -0.141. The number of carbonyl (C=O) groups excluding carboxylic acids is 3. The van der Waals surface area contributed by atoms with Crippen molar-refractivity contribution in [3.8, 4) is 0 Å². The highest BCUT2D eigenvalue weighted by atomic mass is 19.4. The molecule has 1 aliphatic carbocycles. The van der Waals surface area contributed by atoms with Crippen molar-refractivity contribution in [1.82, 2.24) is 29.2 Å². The van der Waals surface area contributed by atoms with Gasteiger partial charge in [0.1, 0.15) is 17.4 Å². The molecule has 8 rings (SSSR count). The van der Waals surface area contributed by atoms with Gasteiger partial charge >= 0.3 is 11.9 Å². The number of amides is 3. The molecule has 5 heterocycles. The molecule has 1 saturated carbocycles. The number of imide groups is 1. The van der Waals surface area contributed by atoms with E-state index in [0.29, 0.717) is 42.7 Å². The van der Waals surface area contributed by atoms with Crippen molar-refractivity contribution in [3.63, 3.8) is 0 Å². The van der Waals surface area contributed by atoms with Gasteiger partial charge in [0.15, 0.2) is 0 Å². The zero-order valence-corrected chi connectivity index (χ0v) is 29.5. The molecule has 54 heavy (non-hydrogen) atoms. The Morgan fingerprint density at radius 2 is 1.72 bits per heavy atom. The number of para-hydroxylation sites is 1. The number of alkyl halides is 3. The number of carbonyl (C=O) groups is 3. The first-order valence-corrected chi connectivity index (χ1v) is 18.1. The summed E-state index contributed by atoms with van der Waals surface area (Å²) in [5, 5.41) is 10.6. The maximum atomic E-state index is 13.3. The molecule has 2 aliphatic heterocycles. The Morgan fingerprint density at radius 1 is 0.963 bits per heavy atom. The Kier molecular flexibility index (Phi) is 9.24. The fourth-order valence-electron chi connectivity index (χ4n) is 7.98. The molecule has 3 aliphatic rings. The van der Waals surface area contributed by atoms with Crippen molar-refractivity contribution in [2.45, 2.75) is 56.8 Å². The minimum absolute atomic E-state index is 0.194. The number of benzene rings is 2. The van der Waals surface area contributed by atoms with Crippen molar-refractivity contribution in [3.05, 3.63) is 82.7 Å². The van der Waals surface area contributed by atoms with Crippen molar-refractivity contribution in [2.24, 2.45) is 18.9 Å². The van der Waals surface area contributed by atoms with Gasteiger partial charge in [-0.05, 0) is 80.5 Å². The van der Waals surface area contributed by atoms with Crippen molar-refractivity contribution in [2.75, 3.05) is 36.5 Å². The van der Waals surface area contributed by atoms with Gasteiger partial charge in [-0.1, -0.05) is 12.1 Å². The summed E-state index contributed by atoms with van der Waals surface area (Å²) in [5.74, 6) is -0.689. The maximum absolute atomic E-state index is 13.3. The van der Waals surface area contributed by atoms with Crippen LogP contribution in [0.5, 0.6) is 0 Å². The number of hydrogen-bond acceptors (Lipinski definition) is 8. The van der Waals surface area contributed by atoms with Gasteiger partial charge < -0.3 is 15.0 Å². The van der Waals surface area contributed by atoms with E-state index in [2.05, 4.69) is 20.5 Å². The minimum atomic E-state index is -4.64. The molecule has 282 valence electrons. The van der Waals surface area contributed by atoms with Gasteiger partial charge in [0.2, 0.25) is 11.8 Å². The summed E-state index contributed by atoms with van der Waals surface area (Å²) >= 11 is 0. The zero-order chi connectivity index (χ0) is 37.7. The first-order chi connectivity index (χ1) is 25.9. The highest BCUT2D eigenvalue weighted by molar-refractivity contribution is 6.04. The van der Waals surface area contributed by atoms with Gasteiger partial charge in [-0.25, -0.2) is 9.78 Å². The number of piperidine rings is 1. The number of nitrogens with one attached hydrogen (secondary N) is 2. The number of hydrogen-bond donors (Lipinski definition) is 2. The van der Waals surface area contributed by atoms with E-state index >= 15 is 0 Å². The first kappa shape index (κ1) is 35.5. The first-order valence-electron chi connectivity index (χ1n) is 18.1. The molecule has 3 amide bonds. The largest absolute Gasteiger partial charge is 0.433 e. The summed E-state index contributed by atoms with van der Waals surface area (Å²) < 4.78 is 50.4. The van der Waals surface area contributed by atoms with Crippen LogP contribution >= 0.6 is 0 Å². The predicted molar refractivity (Wildman–Crippen MR) is 193 cm³/mol. The SMILES string of the molecule is Cn1c(=O)n(C2CCC(=O)NC2=O)c2cccc(N3CC(COCC4CCC(n5cc6cc(NC(=O)c7cccc(C(F)(F)F)n7)ccc6n5)CC4)C3)c21. The summed E-state index contributed by atoms with van der Waals surface area (Å²) in [7, 11) is 1.71. The second kappa shape index (κ2) is 14.0. The monoisotopic (exact) mass is 744 g/mol. The Balaban J connectivity index is 0.812. The molecule has 0 radical (unpaired) electrons. The van der Waals surface area contributed by atoms with E-state index in [1.54, 1.807) is 29.8 Å². The zero-order valence-electron chi connectivity index (χ0n) is 29.5. The van der Waals surface area contributed by atoms with Crippen LogP contribution in [0.4, 0.5) is 24.5 Å². The fourth-order valence-corrected chi connectivity index (χ4v) is 7.98. The molecule has 2 N–H and O–H groups in total. The van der Waals surface area contributed by atoms with Gasteiger partial charge in [0.05, 0.1) is 34.9 Å². The average Bonchev–Trinajstić information content (AvgIpc) is 3.67. The molecule has 1 unspecified atom stereocenters. The second-order valence-corrected chi connectivity index (χ2v) is 14.5. The van der Waals surface area contributed by atoms with Gasteiger partial charge in [-0.15, -0.1) is 0 Å². The number of imidazole rings is 1. The lowest BCUT2D eigenvalue weighted by Gasteiger charge is -2.41. The summed E-state index contributed by atoms with van der Waals surface area (Å²) in [6.45, 7) is 2.93. The predicted octanol–water partition coefficient (Wildman–Crippen LogP) is 5.22. The topological polar surface area (TPSA) is 145 Å². The quantitative estimate of drug-likeness (QED) is 0.196. The van der Waals surface area contributed by atoms with Crippen molar-refractivity contribution >= 4 is 51.0 Å². The Morgan fingerprint density at radius 3 is 2.48 bits per heavy atom. The Hall–Kier alpha value is -5.51. The summed E-state index contributed by atoms with van der Waals surface area (Å²) in [6.07, 6.45) is 1.69. The van der Waals surface area contributed by atoms with E-state index in [0.717, 1.165) is 73.0 Å². The highest BCUT2D eigenvalue weighted by Gasteiger charge is 2.35. The van der Waals surface area contributed by atoms with Crippen LogP contribution in [0.2, 0.25) is 0 Å². The number of nitrogens with zero attached hydrogens (tertiary/aromatic N) is 6. The van der Waals surface area contributed by atoms with Crippen molar-refractivity contribution in [1.29, 1.82) is 0 Å². The molecule has 0 spiro atoms. The maximum Gasteiger partial charge on any atom is 0.433 e. The summed E-state index contributed by atoms with van der Waals surface area (Å²) in [6, 6.07) is 13.7. The highest BCUT2D eigenvalue weighted by Crippen LogP contribution is 2.36. The molecule has 5 aromatic rings. The molecule has 0 bridgehead atoms. The van der Waals surface area contributed by atoms with E-state index in [1.165, 1.54) is 10.6 Å². The van der Waals surface area contributed by atoms with Gasteiger partial charge in [-0.2, -0.15) is 18.3 Å². The van der Waals surface area contributed by atoms with E-state index in [4.69, 9.17) is 9.84 Å². The van der Waals surface area contributed by atoms with Gasteiger partial charge in [0.25, 0.3) is 5.91 Å². The van der Waals surface area contributed by atoms with Gasteiger partial charge in [0, 0.05) is 56.4 Å². The third kappa shape index (κ3) is 6.85. The number of fused-ring (bicyclic) bond motifs is 2. The lowest BCUT2D eigenvalue weighted by Crippen LogP contribution is -2.49. The van der Waals surface area contributed by atoms with Crippen LogP contribution in [0.1, 0.15) is 66.8 Å². The minimum Gasteiger partial charge on any atom is -0.381 e. The van der Waals surface area contributed by atoms with E-state index in [9.17, 15) is 32.3 Å². The molecular formula is C38H39F3N8O5. The van der Waals surface area contributed by atoms with Crippen LogP contribution in [-0.2, 0) is 27.5 Å². The molecule has 2 saturated heterocycles. The fraction of sp³-hybridized carbons (Fsp3) is 0.421. The lowest BCUT2D eigenvalue weighted by atomic mass is 9.86. The molecule has 16 heteroatoms. The number of anilines is 2.